The molecule has 0 bridgehead atoms. The molecule has 0 amide bonds. The Labute approximate surface area is 293 Å². The summed E-state index contributed by atoms with van der Waals surface area (Å²) in [6.45, 7) is 8.95. The first-order chi connectivity index (χ1) is 23.7. The molecule has 4 aliphatic heterocycles. The highest BCUT2D eigenvalue weighted by Crippen LogP contribution is 2.39. The number of anilines is 1. The molecule has 49 heavy (non-hydrogen) atoms. The Kier molecular flexibility index (Phi) is 9.90. The second-order valence-electron chi connectivity index (χ2n) is 13.9. The van der Waals surface area contributed by atoms with E-state index in [-0.39, 0.29) is 6.04 Å². The minimum Gasteiger partial charge on any atom is -0.467 e. The van der Waals surface area contributed by atoms with Crippen LogP contribution in [0.1, 0.15) is 79.0 Å². The van der Waals surface area contributed by atoms with Gasteiger partial charge in [-0.05, 0) is 63.7 Å². The first-order valence-corrected chi connectivity index (χ1v) is 18.1. The van der Waals surface area contributed by atoms with Gasteiger partial charge in [0.05, 0.1) is 30.1 Å². The molecule has 8 rings (SSSR count). The average molecular weight is 691 g/mol. The van der Waals surface area contributed by atoms with Gasteiger partial charge >= 0.3 is 6.01 Å². The molecule has 3 aromatic heterocycles. The van der Waals surface area contributed by atoms with Crippen LogP contribution in [0.25, 0.3) is 11.5 Å². The van der Waals surface area contributed by atoms with Gasteiger partial charge < -0.3 is 14.2 Å². The molecule has 0 aliphatic carbocycles. The van der Waals surface area contributed by atoms with E-state index in [2.05, 4.69) is 63.1 Å². The zero-order valence-electron chi connectivity index (χ0n) is 29.4. The van der Waals surface area contributed by atoms with Gasteiger partial charge in [-0.25, -0.2) is 4.39 Å². The summed E-state index contributed by atoms with van der Waals surface area (Å²) in [7, 11) is 5.77. The first-order valence-electron chi connectivity index (χ1n) is 17.7. The molecule has 3 unspecified atom stereocenters. The molecule has 0 radical (unpaired) electrons. The lowest BCUT2D eigenvalue weighted by atomic mass is 9.89. The van der Waals surface area contributed by atoms with Gasteiger partial charge in [0.2, 0.25) is 0 Å². The summed E-state index contributed by atoms with van der Waals surface area (Å²) in [6.07, 6.45) is 6.72. The Hall–Kier alpha value is -3.61. The maximum absolute atomic E-state index is 12.6. The lowest BCUT2D eigenvalue weighted by Gasteiger charge is -2.37. The fourth-order valence-electron chi connectivity index (χ4n) is 8.03. The Morgan fingerprint density at radius 1 is 1.04 bits per heavy atom. The van der Waals surface area contributed by atoms with E-state index in [1.54, 1.807) is 7.11 Å². The third-order valence-electron chi connectivity index (χ3n) is 10.7. The molecule has 2 saturated heterocycles. The molecule has 0 saturated carbocycles. The van der Waals surface area contributed by atoms with Gasteiger partial charge in [-0.1, -0.05) is 49.2 Å². The van der Waals surface area contributed by atoms with Gasteiger partial charge in [0.15, 0.2) is 5.82 Å². The predicted octanol–water partition coefficient (Wildman–Crippen LogP) is 5.72. The molecule has 1 aromatic carbocycles. The van der Waals surface area contributed by atoms with Crippen LogP contribution in [0.15, 0.2) is 24.3 Å². The smallest absolute Gasteiger partial charge is 0.318 e. The highest BCUT2D eigenvalue weighted by Gasteiger charge is 2.35. The topological polar surface area (TPSA) is 93.3 Å². The molecular weight excluding hydrogens is 643 g/mol. The zero-order chi connectivity index (χ0) is 34.2. The lowest BCUT2D eigenvalue weighted by Crippen LogP contribution is -2.35. The van der Waals surface area contributed by atoms with Crippen molar-refractivity contribution in [3.05, 3.63) is 63.2 Å². The molecule has 262 valence electrons. The van der Waals surface area contributed by atoms with Crippen LogP contribution in [-0.2, 0) is 39.5 Å². The number of aryl methyl sites for hydroxylation is 3. The van der Waals surface area contributed by atoms with E-state index in [0.29, 0.717) is 41.7 Å². The van der Waals surface area contributed by atoms with Crippen molar-refractivity contribution in [2.24, 2.45) is 7.05 Å². The zero-order valence-corrected chi connectivity index (χ0v) is 30.1. The van der Waals surface area contributed by atoms with Gasteiger partial charge in [0, 0.05) is 57.3 Å². The minimum absolute atomic E-state index is 0.250. The second-order valence-corrected chi connectivity index (χ2v) is 14.3. The summed E-state index contributed by atoms with van der Waals surface area (Å²) < 4.78 is 22.2. The van der Waals surface area contributed by atoms with Crippen molar-refractivity contribution in [2.75, 3.05) is 38.7 Å². The number of halogens is 2. The van der Waals surface area contributed by atoms with Crippen LogP contribution in [-0.4, -0.2) is 90.3 Å². The number of ether oxygens (including phenoxy) is 1. The van der Waals surface area contributed by atoms with E-state index in [1.807, 2.05) is 23.2 Å². The lowest BCUT2D eigenvalue weighted by molar-refractivity contribution is 0.212. The maximum atomic E-state index is 12.6. The molecule has 13 heteroatoms. The van der Waals surface area contributed by atoms with Crippen molar-refractivity contribution < 1.29 is 9.13 Å². The molecule has 4 aromatic rings. The summed E-state index contributed by atoms with van der Waals surface area (Å²) in [5.74, 6) is 2.40. The summed E-state index contributed by atoms with van der Waals surface area (Å²) in [5.41, 5.74) is 6.62. The van der Waals surface area contributed by atoms with Crippen molar-refractivity contribution in [1.29, 1.82) is 0 Å². The highest BCUT2D eigenvalue weighted by atomic mass is 35.5. The summed E-state index contributed by atoms with van der Waals surface area (Å²) in [6, 6.07) is 10.1. The van der Waals surface area contributed by atoms with Gasteiger partial charge in [0.25, 0.3) is 0 Å². The number of hydrogen-bond donors (Lipinski definition) is 0. The van der Waals surface area contributed by atoms with E-state index in [1.165, 1.54) is 24.0 Å². The number of aromatic nitrogens is 7. The number of fused-ring (bicyclic) bond motifs is 3. The van der Waals surface area contributed by atoms with Crippen molar-refractivity contribution in [1.82, 2.24) is 44.3 Å². The maximum Gasteiger partial charge on any atom is 0.318 e. The third-order valence-corrected chi connectivity index (χ3v) is 11.1. The molecule has 4 aliphatic rings. The van der Waals surface area contributed by atoms with Crippen LogP contribution in [0.5, 0.6) is 6.01 Å². The Morgan fingerprint density at radius 2 is 1.88 bits per heavy atom. The van der Waals surface area contributed by atoms with Crippen LogP contribution < -0.4 is 9.64 Å². The SMILES string of the molecule is CCCc1ccccc1C1Cc2nc(OC)nc(N3CCCn4nc(-c5nnc(C)n5C)c(Cl)c4C3)c2CN1C.FC1CC2CCCN2C1. The van der Waals surface area contributed by atoms with Gasteiger partial charge in [-0.3, -0.25) is 14.5 Å². The van der Waals surface area contributed by atoms with Crippen LogP contribution in [0.2, 0.25) is 5.02 Å². The summed E-state index contributed by atoms with van der Waals surface area (Å²) in [4.78, 5) is 16.8. The number of benzene rings is 1. The summed E-state index contributed by atoms with van der Waals surface area (Å²) in [5, 5.41) is 14.0. The Bertz CT molecular complexity index is 1780. The van der Waals surface area contributed by atoms with E-state index >= 15 is 0 Å². The van der Waals surface area contributed by atoms with E-state index in [4.69, 9.17) is 31.4 Å². The van der Waals surface area contributed by atoms with Gasteiger partial charge in [0.1, 0.15) is 23.5 Å². The fraction of sp³-hybridized carbons (Fsp3) is 0.583. The van der Waals surface area contributed by atoms with Crippen LogP contribution in [0.3, 0.4) is 0 Å². The predicted molar refractivity (Wildman–Crippen MR) is 189 cm³/mol. The summed E-state index contributed by atoms with van der Waals surface area (Å²) >= 11 is 6.98. The normalized spacial score (nSPS) is 22.3. The molecule has 3 atom stereocenters. The molecule has 0 spiro atoms. The van der Waals surface area contributed by atoms with Gasteiger partial charge in [-0.2, -0.15) is 15.1 Å². The molecule has 7 heterocycles. The molecule has 2 fully saturated rings. The minimum atomic E-state index is -0.518. The van der Waals surface area contributed by atoms with E-state index < -0.39 is 6.17 Å². The van der Waals surface area contributed by atoms with Crippen LogP contribution >= 0.6 is 11.6 Å². The van der Waals surface area contributed by atoms with Crippen molar-refractivity contribution in [2.45, 2.75) is 96.7 Å². The Balaban J connectivity index is 0.000000361. The second kappa shape index (κ2) is 14.3. The fourth-order valence-corrected chi connectivity index (χ4v) is 8.31. The van der Waals surface area contributed by atoms with Crippen LogP contribution in [0, 0.1) is 6.92 Å². The number of nitrogens with zero attached hydrogens (tertiary/aromatic N) is 10. The van der Waals surface area contributed by atoms with E-state index in [0.717, 1.165) is 86.9 Å². The van der Waals surface area contributed by atoms with Crippen molar-refractivity contribution in [3.63, 3.8) is 0 Å². The molecule has 0 N–H and O–H groups in total. The van der Waals surface area contributed by atoms with Crippen molar-refractivity contribution >= 4 is 17.4 Å². The van der Waals surface area contributed by atoms with Gasteiger partial charge in [-0.15, -0.1) is 10.2 Å². The monoisotopic (exact) mass is 690 g/mol. The highest BCUT2D eigenvalue weighted by molar-refractivity contribution is 6.33. The Morgan fingerprint density at radius 3 is 2.63 bits per heavy atom. The number of methoxy groups -OCH3 is 1. The van der Waals surface area contributed by atoms with Crippen molar-refractivity contribution in [3.8, 4) is 17.5 Å². The van der Waals surface area contributed by atoms with Crippen LogP contribution in [0.4, 0.5) is 10.2 Å². The quantitative estimate of drug-likeness (QED) is 0.252. The third kappa shape index (κ3) is 6.67. The first kappa shape index (κ1) is 33.9. The number of likely N-dealkylation sites (N-methyl/N-ethyl adjacent to an activating group) is 1. The molecular formula is C36H48ClFN10O. The standard InChI is InChI=1S/C29H36ClN9O.C7H12FN/c1-6-10-19-11-7-8-12-20(19)23-15-22-21(16-36(23)3)27(32-29(31-22)40-5)38-13-9-14-39-24(17-38)25(30)26(35-39)28-34-33-18(2)37(28)4;8-6-4-7-2-1-3-9(7)5-6/h7-8,11-12,23H,6,9-10,13-17H2,1-5H3;6-7H,1-5H2. The molecule has 11 nitrogen and oxygen atoms in total. The average Bonchev–Trinajstić information content (AvgIpc) is 3.81. The number of hydrogen-bond acceptors (Lipinski definition) is 9. The largest absolute Gasteiger partial charge is 0.467 e. The van der Waals surface area contributed by atoms with E-state index in [9.17, 15) is 4.39 Å². The number of rotatable bonds is 6. The number of alkyl halides is 1.